The Morgan fingerprint density at radius 1 is 1.26 bits per heavy atom. The third kappa shape index (κ3) is 4.65. The van der Waals surface area contributed by atoms with Crippen LogP contribution in [-0.2, 0) is 4.74 Å². The number of methoxy groups -OCH3 is 1. The van der Waals surface area contributed by atoms with Crippen LogP contribution in [0.2, 0.25) is 0 Å². The van der Waals surface area contributed by atoms with E-state index in [1.165, 1.54) is 6.33 Å². The topological polar surface area (TPSA) is 79.3 Å². The van der Waals surface area contributed by atoms with Crippen molar-refractivity contribution in [1.82, 2.24) is 9.97 Å². The number of hydrogen-bond acceptors (Lipinski definition) is 6. The minimum atomic E-state index is -0.553. The molecule has 0 saturated carbocycles. The first-order chi connectivity index (χ1) is 9.10. The number of aliphatic hydroxyl groups excluding tert-OH is 1. The smallest absolute Gasteiger partial charge is 0.135 e. The lowest BCUT2D eigenvalue weighted by atomic mass is 10.0. The molecule has 0 aliphatic carbocycles. The molecule has 1 aromatic rings. The molecule has 0 amide bonds. The standard InChI is InChI=1S/C13H24N4O2/c1-5-14-12-11(9(2)3)13(17-8-16-12)15-6-10(18)7-19-4/h8-10,18H,5-7H2,1-4H3,(H2,14,15,16,17). The fraction of sp³-hybridized carbons (Fsp3) is 0.692. The lowest BCUT2D eigenvalue weighted by molar-refractivity contribution is 0.0727. The van der Waals surface area contributed by atoms with Crippen molar-refractivity contribution >= 4 is 11.6 Å². The molecule has 108 valence electrons. The van der Waals surface area contributed by atoms with Crippen LogP contribution < -0.4 is 10.6 Å². The fourth-order valence-corrected chi connectivity index (χ4v) is 1.86. The molecule has 0 bridgehead atoms. The number of aliphatic hydroxyl groups is 1. The van der Waals surface area contributed by atoms with Crippen LogP contribution in [0.1, 0.15) is 32.3 Å². The van der Waals surface area contributed by atoms with Crippen molar-refractivity contribution < 1.29 is 9.84 Å². The molecule has 0 aliphatic heterocycles. The maximum Gasteiger partial charge on any atom is 0.135 e. The fourth-order valence-electron chi connectivity index (χ4n) is 1.86. The van der Waals surface area contributed by atoms with Crippen molar-refractivity contribution in [2.45, 2.75) is 32.8 Å². The second-order valence-electron chi connectivity index (χ2n) is 4.66. The summed E-state index contributed by atoms with van der Waals surface area (Å²) >= 11 is 0. The summed E-state index contributed by atoms with van der Waals surface area (Å²) in [7, 11) is 1.57. The molecular weight excluding hydrogens is 244 g/mol. The van der Waals surface area contributed by atoms with Crippen molar-refractivity contribution in [2.24, 2.45) is 0 Å². The number of anilines is 2. The predicted octanol–water partition coefficient (Wildman–Crippen LogP) is 1.45. The van der Waals surface area contributed by atoms with Gasteiger partial charge in [-0.25, -0.2) is 9.97 Å². The van der Waals surface area contributed by atoms with Gasteiger partial charge in [-0.05, 0) is 12.8 Å². The van der Waals surface area contributed by atoms with Crippen molar-refractivity contribution in [3.05, 3.63) is 11.9 Å². The first-order valence-corrected chi connectivity index (χ1v) is 6.59. The number of rotatable bonds is 8. The van der Waals surface area contributed by atoms with E-state index >= 15 is 0 Å². The van der Waals surface area contributed by atoms with Gasteiger partial charge in [0.1, 0.15) is 18.0 Å². The van der Waals surface area contributed by atoms with Crippen molar-refractivity contribution in [1.29, 1.82) is 0 Å². The Morgan fingerprint density at radius 3 is 2.42 bits per heavy atom. The average molecular weight is 268 g/mol. The van der Waals surface area contributed by atoms with Gasteiger partial charge in [0.25, 0.3) is 0 Å². The largest absolute Gasteiger partial charge is 0.389 e. The van der Waals surface area contributed by atoms with Gasteiger partial charge in [-0.15, -0.1) is 0 Å². The van der Waals surface area contributed by atoms with Crippen molar-refractivity contribution in [2.75, 3.05) is 37.4 Å². The molecule has 6 heteroatoms. The van der Waals surface area contributed by atoms with Gasteiger partial charge < -0.3 is 20.5 Å². The van der Waals surface area contributed by atoms with Crippen molar-refractivity contribution in [3.63, 3.8) is 0 Å². The summed E-state index contributed by atoms with van der Waals surface area (Å²) in [4.78, 5) is 8.53. The number of aromatic nitrogens is 2. The third-order valence-corrected chi connectivity index (χ3v) is 2.67. The zero-order chi connectivity index (χ0) is 14.3. The SMILES string of the molecule is CCNc1ncnc(NCC(O)COC)c1C(C)C. The average Bonchev–Trinajstić information content (AvgIpc) is 2.37. The monoisotopic (exact) mass is 268 g/mol. The van der Waals surface area contributed by atoms with Crippen LogP contribution in [0.5, 0.6) is 0 Å². The third-order valence-electron chi connectivity index (χ3n) is 2.67. The quantitative estimate of drug-likeness (QED) is 0.662. The van der Waals surface area contributed by atoms with E-state index in [-0.39, 0.29) is 5.92 Å². The Morgan fingerprint density at radius 2 is 1.89 bits per heavy atom. The highest BCUT2D eigenvalue weighted by molar-refractivity contribution is 5.59. The van der Waals surface area contributed by atoms with E-state index in [9.17, 15) is 5.11 Å². The molecule has 19 heavy (non-hydrogen) atoms. The van der Waals surface area contributed by atoms with E-state index < -0.39 is 6.10 Å². The molecule has 6 nitrogen and oxygen atoms in total. The first-order valence-electron chi connectivity index (χ1n) is 6.59. The Balaban J connectivity index is 2.84. The number of nitrogens with one attached hydrogen (secondary N) is 2. The molecule has 0 fully saturated rings. The zero-order valence-electron chi connectivity index (χ0n) is 12.1. The lowest BCUT2D eigenvalue weighted by Crippen LogP contribution is -2.25. The molecule has 3 N–H and O–H groups in total. The maximum atomic E-state index is 9.67. The summed E-state index contributed by atoms with van der Waals surface area (Å²) in [5.74, 6) is 1.89. The van der Waals surface area contributed by atoms with E-state index in [1.807, 2.05) is 6.92 Å². The van der Waals surface area contributed by atoms with Crippen LogP contribution in [0.4, 0.5) is 11.6 Å². The van der Waals surface area contributed by atoms with E-state index in [0.29, 0.717) is 13.2 Å². The first kappa shape index (κ1) is 15.7. The van der Waals surface area contributed by atoms with Gasteiger partial charge in [-0.2, -0.15) is 0 Å². The van der Waals surface area contributed by atoms with Gasteiger partial charge in [-0.1, -0.05) is 13.8 Å². The van der Waals surface area contributed by atoms with Gasteiger partial charge >= 0.3 is 0 Å². The zero-order valence-corrected chi connectivity index (χ0v) is 12.1. The van der Waals surface area contributed by atoms with E-state index in [2.05, 4.69) is 34.4 Å². The van der Waals surface area contributed by atoms with Gasteiger partial charge in [0.2, 0.25) is 0 Å². The van der Waals surface area contributed by atoms with Crippen LogP contribution in [0, 0.1) is 0 Å². The second kappa shape index (κ2) is 7.91. The molecule has 0 saturated heterocycles. The van der Waals surface area contributed by atoms with Crippen LogP contribution in [0.15, 0.2) is 6.33 Å². The highest BCUT2D eigenvalue weighted by atomic mass is 16.5. The Labute approximate surface area is 114 Å². The molecule has 0 spiro atoms. The van der Waals surface area contributed by atoms with Crippen LogP contribution in [0.3, 0.4) is 0 Å². The van der Waals surface area contributed by atoms with Gasteiger partial charge in [0.15, 0.2) is 0 Å². The summed E-state index contributed by atoms with van der Waals surface area (Å²) in [5, 5.41) is 16.1. The van der Waals surface area contributed by atoms with Crippen LogP contribution >= 0.6 is 0 Å². The van der Waals surface area contributed by atoms with Gasteiger partial charge in [0, 0.05) is 25.8 Å². The molecular formula is C13H24N4O2. The van der Waals surface area contributed by atoms with Crippen LogP contribution in [-0.4, -0.2) is 48.0 Å². The normalized spacial score (nSPS) is 12.5. The van der Waals surface area contributed by atoms with Gasteiger partial charge in [0.05, 0.1) is 12.7 Å². The maximum absolute atomic E-state index is 9.67. The molecule has 1 rings (SSSR count). The molecule has 0 aromatic carbocycles. The molecule has 0 aliphatic rings. The second-order valence-corrected chi connectivity index (χ2v) is 4.66. The predicted molar refractivity (Wildman–Crippen MR) is 76.7 cm³/mol. The highest BCUT2D eigenvalue weighted by Crippen LogP contribution is 2.28. The van der Waals surface area contributed by atoms with E-state index in [4.69, 9.17) is 4.74 Å². The van der Waals surface area contributed by atoms with E-state index in [1.54, 1.807) is 7.11 Å². The number of hydrogen-bond donors (Lipinski definition) is 3. The Kier molecular flexibility index (Phi) is 6.52. The summed E-state index contributed by atoms with van der Waals surface area (Å²) in [6, 6.07) is 0. The van der Waals surface area contributed by atoms with Crippen molar-refractivity contribution in [3.8, 4) is 0 Å². The number of nitrogens with zero attached hydrogens (tertiary/aromatic N) is 2. The molecule has 1 unspecified atom stereocenters. The summed E-state index contributed by atoms with van der Waals surface area (Å²) in [6.45, 7) is 7.72. The summed E-state index contributed by atoms with van der Waals surface area (Å²) < 4.78 is 4.90. The Bertz CT molecular complexity index is 385. The highest BCUT2D eigenvalue weighted by Gasteiger charge is 2.15. The van der Waals surface area contributed by atoms with Crippen LogP contribution in [0.25, 0.3) is 0 Å². The minimum Gasteiger partial charge on any atom is -0.389 e. The summed E-state index contributed by atoms with van der Waals surface area (Å²) in [5.41, 5.74) is 1.04. The van der Waals surface area contributed by atoms with Gasteiger partial charge in [-0.3, -0.25) is 0 Å². The number of ether oxygens (including phenoxy) is 1. The molecule has 1 atom stereocenters. The Hall–Kier alpha value is -1.40. The molecule has 0 radical (unpaired) electrons. The minimum absolute atomic E-state index is 0.289. The molecule has 1 aromatic heterocycles. The molecule has 1 heterocycles. The van der Waals surface area contributed by atoms with E-state index in [0.717, 1.165) is 23.7 Å². The lowest BCUT2D eigenvalue weighted by Gasteiger charge is -2.18. The summed E-state index contributed by atoms with van der Waals surface area (Å²) in [6.07, 6.45) is 0.970.